The van der Waals surface area contributed by atoms with Gasteiger partial charge in [-0.25, -0.2) is 4.79 Å². The molecular formula is C12H15N3O3. The van der Waals surface area contributed by atoms with E-state index in [-0.39, 0.29) is 11.5 Å². The second kappa shape index (κ2) is 4.95. The largest absolute Gasteiger partial charge is 0.478 e. The summed E-state index contributed by atoms with van der Waals surface area (Å²) >= 11 is 0. The monoisotopic (exact) mass is 249 g/mol. The van der Waals surface area contributed by atoms with Gasteiger partial charge in [0.05, 0.1) is 11.3 Å². The van der Waals surface area contributed by atoms with Gasteiger partial charge in [0.1, 0.15) is 0 Å². The van der Waals surface area contributed by atoms with Crippen LogP contribution in [0.2, 0.25) is 0 Å². The Hall–Kier alpha value is -2.24. The van der Waals surface area contributed by atoms with Gasteiger partial charge in [0, 0.05) is 31.7 Å². The molecule has 1 aliphatic rings. The molecule has 1 heterocycles. The van der Waals surface area contributed by atoms with E-state index in [1.165, 1.54) is 6.07 Å². The van der Waals surface area contributed by atoms with E-state index >= 15 is 0 Å². The first-order valence-electron chi connectivity index (χ1n) is 5.72. The lowest BCUT2D eigenvalue weighted by Crippen LogP contribution is -2.29. The van der Waals surface area contributed by atoms with Crippen LogP contribution in [0.25, 0.3) is 0 Å². The third kappa shape index (κ3) is 2.53. The van der Waals surface area contributed by atoms with Crippen LogP contribution in [0.15, 0.2) is 18.2 Å². The van der Waals surface area contributed by atoms with Crippen LogP contribution in [-0.4, -0.2) is 36.6 Å². The molecule has 1 amide bonds. The fourth-order valence-corrected chi connectivity index (χ4v) is 2.01. The number of nitrogens with zero attached hydrogens (tertiary/aromatic N) is 1. The number of benzene rings is 1. The summed E-state index contributed by atoms with van der Waals surface area (Å²) in [4.78, 5) is 24.4. The van der Waals surface area contributed by atoms with Gasteiger partial charge in [-0.3, -0.25) is 4.79 Å². The zero-order chi connectivity index (χ0) is 13.1. The lowest BCUT2D eigenvalue weighted by Gasteiger charge is -2.23. The lowest BCUT2D eigenvalue weighted by molar-refractivity contribution is -0.120. The molecule has 1 aliphatic heterocycles. The summed E-state index contributed by atoms with van der Waals surface area (Å²) in [6.07, 6.45) is 0.365. The molecule has 2 rings (SSSR count). The highest BCUT2D eigenvalue weighted by Gasteiger charge is 2.19. The third-order valence-corrected chi connectivity index (χ3v) is 2.90. The van der Waals surface area contributed by atoms with E-state index in [0.717, 1.165) is 0 Å². The number of carboxylic acids is 1. The highest BCUT2D eigenvalue weighted by molar-refractivity contribution is 5.95. The highest BCUT2D eigenvalue weighted by atomic mass is 16.4. The van der Waals surface area contributed by atoms with Crippen molar-refractivity contribution in [2.24, 2.45) is 0 Å². The number of anilines is 2. The van der Waals surface area contributed by atoms with Crippen LogP contribution in [0.4, 0.5) is 11.4 Å². The van der Waals surface area contributed by atoms with Crippen molar-refractivity contribution in [3.8, 4) is 0 Å². The number of carbonyl (C=O) groups excluding carboxylic acids is 1. The van der Waals surface area contributed by atoms with Gasteiger partial charge in [-0.05, 0) is 18.2 Å². The molecule has 0 unspecified atom stereocenters. The van der Waals surface area contributed by atoms with Crippen molar-refractivity contribution in [2.75, 3.05) is 30.3 Å². The average Bonchev–Trinajstić information content (AvgIpc) is 2.54. The van der Waals surface area contributed by atoms with Crippen LogP contribution in [0.5, 0.6) is 0 Å². The van der Waals surface area contributed by atoms with E-state index in [1.54, 1.807) is 12.1 Å². The number of nitrogens with two attached hydrogens (primary N) is 1. The molecule has 4 N–H and O–H groups in total. The Morgan fingerprint density at radius 3 is 2.89 bits per heavy atom. The number of aromatic carboxylic acids is 1. The van der Waals surface area contributed by atoms with Crippen molar-refractivity contribution in [3.05, 3.63) is 23.8 Å². The van der Waals surface area contributed by atoms with Crippen molar-refractivity contribution >= 4 is 23.3 Å². The van der Waals surface area contributed by atoms with Crippen molar-refractivity contribution in [2.45, 2.75) is 6.42 Å². The number of hydrogen-bond donors (Lipinski definition) is 3. The molecule has 1 saturated heterocycles. The van der Waals surface area contributed by atoms with E-state index in [1.807, 2.05) is 4.90 Å². The number of amides is 1. The first-order chi connectivity index (χ1) is 8.58. The predicted molar refractivity (Wildman–Crippen MR) is 67.7 cm³/mol. The molecule has 96 valence electrons. The van der Waals surface area contributed by atoms with Gasteiger partial charge in [-0.1, -0.05) is 0 Å². The summed E-state index contributed by atoms with van der Waals surface area (Å²) in [5.41, 5.74) is 6.79. The molecule has 0 spiro atoms. The average molecular weight is 249 g/mol. The normalized spacial score (nSPS) is 16.0. The molecule has 0 saturated carbocycles. The number of carboxylic acid groups (broad SMARTS) is 1. The number of carbonyl (C=O) groups is 2. The molecule has 0 aromatic heterocycles. The molecule has 0 aliphatic carbocycles. The number of hydrogen-bond acceptors (Lipinski definition) is 4. The van der Waals surface area contributed by atoms with E-state index < -0.39 is 5.97 Å². The van der Waals surface area contributed by atoms with E-state index in [9.17, 15) is 14.7 Å². The fourth-order valence-electron chi connectivity index (χ4n) is 2.01. The highest BCUT2D eigenvalue weighted by Crippen LogP contribution is 2.23. The Labute approximate surface area is 104 Å². The summed E-state index contributed by atoms with van der Waals surface area (Å²) in [6, 6.07) is 4.80. The standard InChI is InChI=1S/C12H15N3O3/c13-8-1-2-10(9(7-8)12(17)18)15-5-3-11(16)14-4-6-15/h1-2,7H,3-6,13H2,(H,14,16)(H,17,18). The van der Waals surface area contributed by atoms with Crippen molar-refractivity contribution in [3.63, 3.8) is 0 Å². The summed E-state index contributed by atoms with van der Waals surface area (Å²) in [6.45, 7) is 1.62. The Balaban J connectivity index is 2.31. The van der Waals surface area contributed by atoms with Crippen molar-refractivity contribution in [1.82, 2.24) is 5.32 Å². The lowest BCUT2D eigenvalue weighted by atomic mass is 10.1. The minimum atomic E-state index is -1.01. The molecule has 1 aromatic carbocycles. The molecular weight excluding hydrogens is 234 g/mol. The SMILES string of the molecule is Nc1ccc(N2CCNC(=O)CC2)c(C(=O)O)c1. The number of rotatable bonds is 2. The van der Waals surface area contributed by atoms with Crippen molar-refractivity contribution < 1.29 is 14.7 Å². The van der Waals surface area contributed by atoms with Crippen molar-refractivity contribution in [1.29, 1.82) is 0 Å². The molecule has 1 fully saturated rings. The Morgan fingerprint density at radius 1 is 1.39 bits per heavy atom. The topological polar surface area (TPSA) is 95.7 Å². The smallest absolute Gasteiger partial charge is 0.337 e. The minimum absolute atomic E-state index is 0.00943. The first kappa shape index (κ1) is 12.2. The maximum Gasteiger partial charge on any atom is 0.337 e. The van der Waals surface area contributed by atoms with Gasteiger partial charge >= 0.3 is 5.97 Å². The van der Waals surface area contributed by atoms with E-state index in [4.69, 9.17) is 5.73 Å². The maximum atomic E-state index is 11.3. The van der Waals surface area contributed by atoms with E-state index in [2.05, 4.69) is 5.32 Å². The summed E-state index contributed by atoms with van der Waals surface area (Å²) in [5, 5.41) is 11.9. The Kier molecular flexibility index (Phi) is 3.36. The summed E-state index contributed by atoms with van der Waals surface area (Å²) in [5.74, 6) is -1.02. The zero-order valence-corrected chi connectivity index (χ0v) is 9.85. The Morgan fingerprint density at radius 2 is 2.17 bits per heavy atom. The van der Waals surface area contributed by atoms with Gasteiger partial charge < -0.3 is 21.1 Å². The number of nitrogen functional groups attached to an aromatic ring is 1. The van der Waals surface area contributed by atoms with Crippen LogP contribution in [0.1, 0.15) is 16.8 Å². The van der Waals surface area contributed by atoms with Crippen LogP contribution in [0.3, 0.4) is 0 Å². The van der Waals surface area contributed by atoms with Gasteiger partial charge in [-0.2, -0.15) is 0 Å². The van der Waals surface area contributed by atoms with Crippen LogP contribution in [-0.2, 0) is 4.79 Å². The van der Waals surface area contributed by atoms with Gasteiger partial charge in [0.25, 0.3) is 0 Å². The fraction of sp³-hybridized carbons (Fsp3) is 0.333. The molecule has 6 heteroatoms. The molecule has 1 aromatic rings. The minimum Gasteiger partial charge on any atom is -0.478 e. The first-order valence-corrected chi connectivity index (χ1v) is 5.72. The van der Waals surface area contributed by atoms with E-state index in [0.29, 0.717) is 37.4 Å². The van der Waals surface area contributed by atoms with Crippen LogP contribution < -0.4 is 16.0 Å². The number of nitrogens with one attached hydrogen (secondary N) is 1. The third-order valence-electron chi connectivity index (χ3n) is 2.90. The van der Waals surface area contributed by atoms with Gasteiger partial charge in [0.2, 0.25) is 5.91 Å². The zero-order valence-electron chi connectivity index (χ0n) is 9.85. The second-order valence-electron chi connectivity index (χ2n) is 4.17. The van der Waals surface area contributed by atoms with Crippen LogP contribution >= 0.6 is 0 Å². The molecule has 0 atom stereocenters. The second-order valence-corrected chi connectivity index (χ2v) is 4.17. The summed E-state index contributed by atoms with van der Waals surface area (Å²) < 4.78 is 0. The molecule has 6 nitrogen and oxygen atoms in total. The predicted octanol–water partition coefficient (Wildman–Crippen LogP) is 0.293. The van der Waals surface area contributed by atoms with Gasteiger partial charge in [0.15, 0.2) is 0 Å². The van der Waals surface area contributed by atoms with Crippen LogP contribution in [0, 0.1) is 0 Å². The molecule has 0 radical (unpaired) electrons. The summed E-state index contributed by atoms with van der Waals surface area (Å²) in [7, 11) is 0. The molecule has 0 bridgehead atoms. The quantitative estimate of drug-likeness (QED) is 0.655. The molecule has 18 heavy (non-hydrogen) atoms. The Bertz CT molecular complexity index is 487. The van der Waals surface area contributed by atoms with Gasteiger partial charge in [-0.15, -0.1) is 0 Å². The maximum absolute atomic E-state index is 11.3.